The zero-order valence-electron chi connectivity index (χ0n) is 10.7. The Hall–Kier alpha value is -2.32. The number of carbonyl (C=O) groups excluding carboxylic acids is 1. The van der Waals surface area contributed by atoms with Gasteiger partial charge in [-0.15, -0.1) is 10.2 Å². The Morgan fingerprint density at radius 2 is 2.24 bits per heavy atom. The minimum Gasteiger partial charge on any atom is -0.297 e. The molecule has 7 nitrogen and oxygen atoms in total. The minimum absolute atomic E-state index is 0.0472. The van der Waals surface area contributed by atoms with E-state index in [-0.39, 0.29) is 10.7 Å². The fourth-order valence-corrected chi connectivity index (χ4v) is 2.22. The number of nitro groups is 1. The molecule has 0 saturated heterocycles. The first-order chi connectivity index (χ1) is 9.95. The molecule has 0 unspecified atom stereocenters. The summed E-state index contributed by atoms with van der Waals surface area (Å²) in [5.74, 6) is -0.399. The molecule has 0 saturated carbocycles. The number of hydrogen-bond donors (Lipinski definition) is 1. The maximum absolute atomic E-state index is 11.7. The van der Waals surface area contributed by atoms with Crippen LogP contribution >= 0.6 is 22.9 Å². The highest BCUT2D eigenvalue weighted by Gasteiger charge is 2.11. The standard InChI is InChI=1S/C12H9ClN4O3S/c1-7-15-16-12(21-7)14-11(18)5-3-8-2-4-9(13)10(6-8)17(19)20/h2-6H,1H3,(H,14,16,18)/b5-3+. The van der Waals surface area contributed by atoms with Crippen molar-refractivity contribution in [3.05, 3.63) is 50.0 Å². The largest absolute Gasteiger partial charge is 0.297 e. The third-order valence-electron chi connectivity index (χ3n) is 2.35. The number of hydrogen-bond acceptors (Lipinski definition) is 6. The molecule has 2 rings (SSSR count). The average Bonchev–Trinajstić information content (AvgIpc) is 2.82. The van der Waals surface area contributed by atoms with Crippen molar-refractivity contribution in [3.63, 3.8) is 0 Å². The monoisotopic (exact) mass is 324 g/mol. The summed E-state index contributed by atoms with van der Waals surface area (Å²) >= 11 is 6.96. The van der Waals surface area contributed by atoms with E-state index in [4.69, 9.17) is 11.6 Å². The molecule has 0 bridgehead atoms. The molecule has 9 heteroatoms. The van der Waals surface area contributed by atoms with E-state index >= 15 is 0 Å². The van der Waals surface area contributed by atoms with Crippen molar-refractivity contribution in [2.45, 2.75) is 6.92 Å². The lowest BCUT2D eigenvalue weighted by molar-refractivity contribution is -0.384. The van der Waals surface area contributed by atoms with Crippen molar-refractivity contribution >= 4 is 45.7 Å². The molecule has 108 valence electrons. The van der Waals surface area contributed by atoms with Crippen molar-refractivity contribution in [2.75, 3.05) is 5.32 Å². The van der Waals surface area contributed by atoms with Gasteiger partial charge in [-0.2, -0.15) is 0 Å². The van der Waals surface area contributed by atoms with Gasteiger partial charge in [-0.05, 0) is 24.6 Å². The number of nitrogens with zero attached hydrogens (tertiary/aromatic N) is 3. The third kappa shape index (κ3) is 4.07. The van der Waals surface area contributed by atoms with Crippen LogP contribution in [0, 0.1) is 17.0 Å². The summed E-state index contributed by atoms with van der Waals surface area (Å²) < 4.78 is 0. The first-order valence-electron chi connectivity index (χ1n) is 5.69. The van der Waals surface area contributed by atoms with Crippen LogP contribution in [0.15, 0.2) is 24.3 Å². The highest BCUT2D eigenvalue weighted by Crippen LogP contribution is 2.25. The van der Waals surface area contributed by atoms with Gasteiger partial charge in [0, 0.05) is 12.1 Å². The molecule has 2 aromatic rings. The number of amides is 1. The van der Waals surface area contributed by atoms with E-state index in [0.717, 1.165) is 5.01 Å². The SMILES string of the molecule is Cc1nnc(NC(=O)/C=C/c2ccc(Cl)c([N+](=O)[O-])c2)s1. The van der Waals surface area contributed by atoms with Gasteiger partial charge in [0.1, 0.15) is 10.0 Å². The molecule has 21 heavy (non-hydrogen) atoms. The number of nitrogens with one attached hydrogen (secondary N) is 1. The molecule has 1 N–H and O–H groups in total. The second-order valence-corrected chi connectivity index (χ2v) is 5.51. The molecule has 0 aliphatic rings. The van der Waals surface area contributed by atoms with Crippen molar-refractivity contribution in [3.8, 4) is 0 Å². The lowest BCUT2D eigenvalue weighted by Crippen LogP contribution is -2.07. The second-order valence-electron chi connectivity index (χ2n) is 3.92. The first kappa shape index (κ1) is 15.1. The quantitative estimate of drug-likeness (QED) is 0.529. The van der Waals surface area contributed by atoms with E-state index in [1.807, 2.05) is 0 Å². The number of aryl methyl sites for hydroxylation is 1. The van der Waals surface area contributed by atoms with Crippen LogP contribution in [-0.4, -0.2) is 21.0 Å². The predicted molar refractivity (Wildman–Crippen MR) is 80.4 cm³/mol. The summed E-state index contributed by atoms with van der Waals surface area (Å²) in [6, 6.07) is 4.28. The Balaban J connectivity index is 2.08. The number of carbonyl (C=O) groups is 1. The van der Waals surface area contributed by atoms with Gasteiger partial charge < -0.3 is 0 Å². The van der Waals surface area contributed by atoms with Crippen molar-refractivity contribution in [1.82, 2.24) is 10.2 Å². The smallest absolute Gasteiger partial charge is 0.288 e. The molecule has 1 amide bonds. The van der Waals surface area contributed by atoms with Crippen LogP contribution in [-0.2, 0) is 4.79 Å². The van der Waals surface area contributed by atoms with Crippen molar-refractivity contribution < 1.29 is 9.72 Å². The average molecular weight is 325 g/mol. The van der Waals surface area contributed by atoms with Gasteiger partial charge in [0.05, 0.1) is 4.92 Å². The molecule has 0 radical (unpaired) electrons. The van der Waals surface area contributed by atoms with E-state index in [9.17, 15) is 14.9 Å². The van der Waals surface area contributed by atoms with Crippen LogP contribution in [0.4, 0.5) is 10.8 Å². The Labute approximate surface area is 128 Å². The molecule has 0 spiro atoms. The maximum atomic E-state index is 11.7. The summed E-state index contributed by atoms with van der Waals surface area (Å²) in [4.78, 5) is 21.8. The highest BCUT2D eigenvalue weighted by atomic mass is 35.5. The molecule has 0 fully saturated rings. The Bertz CT molecular complexity index is 729. The van der Waals surface area contributed by atoms with E-state index < -0.39 is 10.8 Å². The molecule has 1 heterocycles. The first-order valence-corrected chi connectivity index (χ1v) is 6.88. The van der Waals surface area contributed by atoms with Crippen LogP contribution in [0.2, 0.25) is 5.02 Å². The summed E-state index contributed by atoms with van der Waals surface area (Å²) in [6.07, 6.45) is 2.70. The van der Waals surface area contributed by atoms with Gasteiger partial charge in [-0.25, -0.2) is 0 Å². The molecule has 1 aromatic heterocycles. The second kappa shape index (κ2) is 6.42. The fraction of sp³-hybridized carbons (Fsp3) is 0.0833. The number of aromatic nitrogens is 2. The lowest BCUT2D eigenvalue weighted by Gasteiger charge is -1.98. The molecular weight excluding hydrogens is 316 g/mol. The van der Waals surface area contributed by atoms with Gasteiger partial charge in [0.25, 0.3) is 5.69 Å². The van der Waals surface area contributed by atoms with E-state index in [2.05, 4.69) is 15.5 Å². The Morgan fingerprint density at radius 3 is 2.86 bits per heavy atom. The van der Waals surface area contributed by atoms with Crippen LogP contribution in [0.25, 0.3) is 6.08 Å². The van der Waals surface area contributed by atoms with Gasteiger partial charge >= 0.3 is 0 Å². The number of halogens is 1. The predicted octanol–water partition coefficient (Wildman–Crippen LogP) is 3.06. The van der Waals surface area contributed by atoms with E-state index in [0.29, 0.717) is 10.7 Å². The van der Waals surface area contributed by atoms with Crippen molar-refractivity contribution in [2.24, 2.45) is 0 Å². The van der Waals surface area contributed by atoms with E-state index in [1.54, 1.807) is 13.0 Å². The summed E-state index contributed by atoms with van der Waals surface area (Å²) in [5, 5.41) is 22.0. The molecular formula is C12H9ClN4O3S. The van der Waals surface area contributed by atoms with Crippen molar-refractivity contribution in [1.29, 1.82) is 0 Å². The molecule has 0 atom stereocenters. The Morgan fingerprint density at radius 1 is 1.48 bits per heavy atom. The summed E-state index contributed by atoms with van der Waals surface area (Å²) in [6.45, 7) is 1.77. The Kier molecular flexibility index (Phi) is 4.61. The topological polar surface area (TPSA) is 98.0 Å². The van der Waals surface area contributed by atoms with Gasteiger partial charge in [0.15, 0.2) is 0 Å². The van der Waals surface area contributed by atoms with E-state index in [1.165, 1.54) is 35.6 Å². The van der Waals surface area contributed by atoms with Crippen LogP contribution in [0.5, 0.6) is 0 Å². The molecule has 0 aliphatic carbocycles. The number of nitro benzene ring substituents is 1. The van der Waals surface area contributed by atoms with Crippen LogP contribution in [0.3, 0.4) is 0 Å². The fourth-order valence-electron chi connectivity index (χ4n) is 1.44. The molecule has 1 aromatic carbocycles. The number of rotatable bonds is 4. The maximum Gasteiger partial charge on any atom is 0.288 e. The number of anilines is 1. The number of benzene rings is 1. The minimum atomic E-state index is -0.580. The van der Waals surface area contributed by atoms with Crippen LogP contribution in [0.1, 0.15) is 10.6 Å². The van der Waals surface area contributed by atoms with Gasteiger partial charge in [-0.3, -0.25) is 20.2 Å². The summed E-state index contributed by atoms with van der Waals surface area (Å²) in [5.41, 5.74) is 0.286. The van der Waals surface area contributed by atoms with Gasteiger partial charge in [-0.1, -0.05) is 29.0 Å². The summed E-state index contributed by atoms with van der Waals surface area (Å²) in [7, 11) is 0. The lowest BCUT2D eigenvalue weighted by atomic mass is 10.2. The van der Waals surface area contributed by atoms with Gasteiger partial charge in [0.2, 0.25) is 11.0 Å². The van der Waals surface area contributed by atoms with Crippen LogP contribution < -0.4 is 5.32 Å². The highest BCUT2D eigenvalue weighted by molar-refractivity contribution is 7.15. The molecule has 0 aliphatic heterocycles. The zero-order chi connectivity index (χ0) is 15.4. The third-order valence-corrected chi connectivity index (χ3v) is 3.42. The normalized spacial score (nSPS) is 10.8. The zero-order valence-corrected chi connectivity index (χ0v) is 12.3.